The summed E-state index contributed by atoms with van der Waals surface area (Å²) in [4.78, 5) is 27.0. The SMILES string of the molecule is COc1ccccc1CC(=O)N1CCC2(CC1)NC(=O)N(c1ccccc1)N2. The number of piperidine rings is 1. The number of methoxy groups -OCH3 is 1. The Balaban J connectivity index is 1.38. The molecule has 0 radical (unpaired) electrons. The van der Waals surface area contributed by atoms with Gasteiger partial charge in [0.15, 0.2) is 0 Å². The maximum atomic E-state index is 12.7. The number of anilines is 1. The number of ether oxygens (including phenoxy) is 1. The summed E-state index contributed by atoms with van der Waals surface area (Å²) in [7, 11) is 1.61. The number of amides is 3. The second kappa shape index (κ2) is 7.52. The van der Waals surface area contributed by atoms with Crippen molar-refractivity contribution < 1.29 is 14.3 Å². The minimum absolute atomic E-state index is 0.0728. The van der Waals surface area contributed by atoms with Crippen LogP contribution < -0.4 is 20.5 Å². The number of nitrogens with one attached hydrogen (secondary N) is 2. The van der Waals surface area contributed by atoms with E-state index in [1.165, 1.54) is 0 Å². The maximum Gasteiger partial charge on any atom is 0.338 e. The zero-order valence-corrected chi connectivity index (χ0v) is 15.9. The van der Waals surface area contributed by atoms with E-state index in [1.54, 1.807) is 12.1 Å². The molecule has 146 valence electrons. The summed E-state index contributed by atoms with van der Waals surface area (Å²) in [5, 5.41) is 4.61. The Morgan fingerprint density at radius 1 is 1.07 bits per heavy atom. The van der Waals surface area contributed by atoms with Gasteiger partial charge in [-0.1, -0.05) is 36.4 Å². The van der Waals surface area contributed by atoms with Gasteiger partial charge in [-0.3, -0.25) is 4.79 Å². The summed E-state index contributed by atoms with van der Waals surface area (Å²) < 4.78 is 5.34. The lowest BCUT2D eigenvalue weighted by Crippen LogP contribution is -2.58. The number of nitrogens with zero attached hydrogens (tertiary/aromatic N) is 2. The Bertz CT molecular complexity index is 863. The van der Waals surface area contributed by atoms with Crippen LogP contribution in [0.3, 0.4) is 0 Å². The van der Waals surface area contributed by atoms with E-state index >= 15 is 0 Å². The smallest absolute Gasteiger partial charge is 0.338 e. The summed E-state index contributed by atoms with van der Waals surface area (Å²) >= 11 is 0. The summed E-state index contributed by atoms with van der Waals surface area (Å²) in [6.45, 7) is 1.17. The zero-order valence-electron chi connectivity index (χ0n) is 15.9. The molecule has 2 aliphatic rings. The van der Waals surface area contributed by atoms with Gasteiger partial charge in [-0.25, -0.2) is 15.2 Å². The molecule has 2 aromatic rings. The van der Waals surface area contributed by atoms with Crippen molar-refractivity contribution in [2.24, 2.45) is 0 Å². The number of hydrogen-bond acceptors (Lipinski definition) is 4. The number of likely N-dealkylation sites (tertiary alicyclic amines) is 1. The average Bonchev–Trinajstić information content (AvgIpc) is 3.05. The van der Waals surface area contributed by atoms with Crippen molar-refractivity contribution in [1.82, 2.24) is 15.6 Å². The van der Waals surface area contributed by atoms with Gasteiger partial charge in [-0.2, -0.15) is 0 Å². The summed E-state index contributed by atoms with van der Waals surface area (Å²) in [5.74, 6) is 0.802. The molecule has 4 rings (SSSR count). The number of carbonyl (C=O) groups excluding carboxylic acids is 2. The van der Waals surface area contributed by atoms with Crippen molar-refractivity contribution in [1.29, 1.82) is 0 Å². The van der Waals surface area contributed by atoms with Gasteiger partial charge in [0.2, 0.25) is 5.91 Å². The Labute approximate surface area is 164 Å². The highest BCUT2D eigenvalue weighted by Gasteiger charge is 2.45. The van der Waals surface area contributed by atoms with Crippen LogP contribution in [0.5, 0.6) is 5.75 Å². The Morgan fingerprint density at radius 3 is 2.46 bits per heavy atom. The summed E-state index contributed by atoms with van der Waals surface area (Å²) in [6, 6.07) is 16.9. The minimum atomic E-state index is -0.506. The molecular formula is C21H24N4O3. The average molecular weight is 380 g/mol. The van der Waals surface area contributed by atoms with Crippen LogP contribution in [-0.4, -0.2) is 42.7 Å². The summed E-state index contributed by atoms with van der Waals surface area (Å²) in [6.07, 6.45) is 1.62. The number of carbonyl (C=O) groups is 2. The van der Waals surface area contributed by atoms with Gasteiger partial charge in [-0.15, -0.1) is 0 Å². The Hall–Kier alpha value is -3.06. The van der Waals surface area contributed by atoms with Crippen molar-refractivity contribution >= 4 is 17.6 Å². The molecule has 2 fully saturated rings. The molecule has 2 saturated heterocycles. The molecule has 0 bridgehead atoms. The molecule has 1 spiro atoms. The first kappa shape index (κ1) is 18.3. The number of hydrogen-bond donors (Lipinski definition) is 2. The fourth-order valence-corrected chi connectivity index (χ4v) is 3.81. The molecule has 0 saturated carbocycles. The van der Waals surface area contributed by atoms with Crippen LogP contribution in [0.4, 0.5) is 10.5 Å². The predicted molar refractivity (Wildman–Crippen MR) is 106 cm³/mol. The molecule has 0 aliphatic carbocycles. The van der Waals surface area contributed by atoms with Crippen molar-refractivity contribution in [3.05, 3.63) is 60.2 Å². The number of para-hydroxylation sites is 2. The molecule has 2 aromatic carbocycles. The maximum absolute atomic E-state index is 12.7. The zero-order chi connectivity index (χ0) is 19.6. The number of rotatable bonds is 4. The first-order valence-electron chi connectivity index (χ1n) is 9.45. The van der Waals surface area contributed by atoms with Gasteiger partial charge in [0.05, 0.1) is 19.2 Å². The van der Waals surface area contributed by atoms with Crippen LogP contribution >= 0.6 is 0 Å². The van der Waals surface area contributed by atoms with Crippen LogP contribution in [0.1, 0.15) is 18.4 Å². The van der Waals surface area contributed by atoms with E-state index in [-0.39, 0.29) is 11.9 Å². The first-order valence-corrected chi connectivity index (χ1v) is 9.45. The van der Waals surface area contributed by atoms with Crippen LogP contribution in [0.2, 0.25) is 0 Å². The molecule has 2 heterocycles. The van der Waals surface area contributed by atoms with Gasteiger partial charge in [0.1, 0.15) is 11.4 Å². The molecule has 28 heavy (non-hydrogen) atoms. The fourth-order valence-electron chi connectivity index (χ4n) is 3.81. The van der Waals surface area contributed by atoms with E-state index in [0.29, 0.717) is 32.4 Å². The quantitative estimate of drug-likeness (QED) is 0.854. The van der Waals surface area contributed by atoms with E-state index in [1.807, 2.05) is 59.5 Å². The third-order valence-corrected chi connectivity index (χ3v) is 5.39. The Morgan fingerprint density at radius 2 is 1.75 bits per heavy atom. The molecule has 2 aliphatic heterocycles. The van der Waals surface area contributed by atoms with Crippen LogP contribution in [0.25, 0.3) is 0 Å². The molecule has 3 amide bonds. The predicted octanol–water partition coefficient (Wildman–Crippen LogP) is 2.29. The third-order valence-electron chi connectivity index (χ3n) is 5.39. The normalized spacial score (nSPS) is 18.2. The largest absolute Gasteiger partial charge is 0.496 e. The first-order chi connectivity index (χ1) is 13.6. The summed E-state index contributed by atoms with van der Waals surface area (Å²) in [5.41, 5.74) is 4.49. The van der Waals surface area contributed by atoms with Gasteiger partial charge < -0.3 is 15.0 Å². The van der Waals surface area contributed by atoms with Crippen molar-refractivity contribution in [3.63, 3.8) is 0 Å². The second-order valence-electron chi connectivity index (χ2n) is 7.16. The lowest BCUT2D eigenvalue weighted by Gasteiger charge is -2.39. The molecule has 2 N–H and O–H groups in total. The standard InChI is InChI=1S/C21H24N4O3/c1-28-18-10-6-5-7-16(18)15-19(26)24-13-11-21(12-14-24)22-20(27)25(23-21)17-8-3-2-4-9-17/h2-10,23H,11-15H2,1H3,(H,22,27). The van der Waals surface area contributed by atoms with Crippen molar-refractivity contribution in [2.75, 3.05) is 25.2 Å². The van der Waals surface area contributed by atoms with Gasteiger partial charge in [0.25, 0.3) is 0 Å². The number of urea groups is 1. The minimum Gasteiger partial charge on any atom is -0.496 e. The fraction of sp³-hybridized carbons (Fsp3) is 0.333. The molecule has 0 atom stereocenters. The topological polar surface area (TPSA) is 73.9 Å². The van der Waals surface area contributed by atoms with Gasteiger partial charge in [0, 0.05) is 31.5 Å². The third kappa shape index (κ3) is 3.53. The molecule has 7 nitrogen and oxygen atoms in total. The van der Waals surface area contributed by atoms with Gasteiger partial charge in [-0.05, 0) is 18.2 Å². The van der Waals surface area contributed by atoms with Crippen molar-refractivity contribution in [3.8, 4) is 5.75 Å². The highest BCUT2D eigenvalue weighted by Crippen LogP contribution is 2.28. The lowest BCUT2D eigenvalue weighted by molar-refractivity contribution is -0.132. The van der Waals surface area contributed by atoms with Crippen LogP contribution in [0, 0.1) is 0 Å². The lowest BCUT2D eigenvalue weighted by atomic mass is 9.97. The highest BCUT2D eigenvalue weighted by atomic mass is 16.5. The number of hydrazine groups is 1. The highest BCUT2D eigenvalue weighted by molar-refractivity contribution is 5.93. The van der Waals surface area contributed by atoms with Crippen LogP contribution in [-0.2, 0) is 11.2 Å². The number of benzene rings is 2. The molecule has 7 heteroatoms. The van der Waals surface area contributed by atoms with E-state index in [2.05, 4.69) is 10.7 Å². The monoisotopic (exact) mass is 380 g/mol. The van der Waals surface area contributed by atoms with Gasteiger partial charge >= 0.3 is 6.03 Å². The van der Waals surface area contributed by atoms with E-state index in [9.17, 15) is 9.59 Å². The van der Waals surface area contributed by atoms with E-state index in [0.717, 1.165) is 17.0 Å². The van der Waals surface area contributed by atoms with E-state index < -0.39 is 5.66 Å². The molecule has 0 unspecified atom stereocenters. The van der Waals surface area contributed by atoms with Crippen molar-refractivity contribution in [2.45, 2.75) is 24.9 Å². The van der Waals surface area contributed by atoms with Crippen LogP contribution in [0.15, 0.2) is 54.6 Å². The Kier molecular flexibility index (Phi) is 4.92. The molecule has 0 aromatic heterocycles. The second-order valence-corrected chi connectivity index (χ2v) is 7.16. The molecular weight excluding hydrogens is 356 g/mol. The van der Waals surface area contributed by atoms with E-state index in [4.69, 9.17) is 4.74 Å².